The quantitative estimate of drug-likeness (QED) is 0.665. The predicted molar refractivity (Wildman–Crippen MR) is 73.4 cm³/mol. The molecule has 0 bridgehead atoms. The molecular weight excluding hydrogens is 265 g/mol. The Morgan fingerprint density at radius 2 is 2.10 bits per heavy atom. The van der Waals surface area contributed by atoms with E-state index in [2.05, 4.69) is 4.90 Å². The van der Waals surface area contributed by atoms with E-state index in [-0.39, 0.29) is 12.3 Å². The first-order valence-electron chi connectivity index (χ1n) is 6.64. The molecule has 1 aliphatic heterocycles. The zero-order valence-corrected chi connectivity index (χ0v) is 11.2. The fourth-order valence-corrected chi connectivity index (χ4v) is 2.49. The summed E-state index contributed by atoms with van der Waals surface area (Å²) in [5, 5.41) is 20.0. The number of β-amino-alcohol motifs (C(OH)–C–C–N with tert-alkyl or cyclic N) is 1. The maximum atomic E-state index is 13.2. The topological polar surface area (TPSA) is 69.9 Å². The number of nitro groups is 1. The molecular formula is C13H18FN3O3. The highest BCUT2D eigenvalue weighted by Gasteiger charge is 2.22. The monoisotopic (exact) mass is 283 g/mol. The van der Waals surface area contributed by atoms with E-state index in [1.54, 1.807) is 0 Å². The van der Waals surface area contributed by atoms with Gasteiger partial charge >= 0.3 is 0 Å². The number of benzene rings is 1. The Hall–Kier alpha value is -1.73. The van der Waals surface area contributed by atoms with Crippen LogP contribution >= 0.6 is 0 Å². The van der Waals surface area contributed by atoms with Crippen LogP contribution in [0.2, 0.25) is 0 Å². The lowest BCUT2D eigenvalue weighted by atomic mass is 10.2. The molecule has 1 aromatic rings. The SMILES string of the molecule is O=[N+]([O-])c1cc(F)ccc1N1CCCN(CCO)CC1. The van der Waals surface area contributed by atoms with Crippen molar-refractivity contribution in [1.29, 1.82) is 0 Å². The summed E-state index contributed by atoms with van der Waals surface area (Å²) in [6, 6.07) is 3.68. The van der Waals surface area contributed by atoms with Crippen molar-refractivity contribution >= 4 is 11.4 Å². The number of anilines is 1. The Morgan fingerprint density at radius 1 is 1.30 bits per heavy atom. The standard InChI is InChI=1S/C13H18FN3O3/c14-11-2-3-12(13(10-11)17(19)20)16-5-1-4-15(6-7-16)8-9-18/h2-3,10,18H,1,4-9H2. The number of nitrogens with zero attached hydrogens (tertiary/aromatic N) is 3. The molecule has 1 heterocycles. The number of halogens is 1. The Balaban J connectivity index is 2.17. The minimum Gasteiger partial charge on any atom is -0.395 e. The highest BCUT2D eigenvalue weighted by atomic mass is 19.1. The molecule has 0 unspecified atom stereocenters. The molecule has 2 rings (SSSR count). The third kappa shape index (κ3) is 3.43. The van der Waals surface area contributed by atoms with Crippen molar-refractivity contribution in [1.82, 2.24) is 4.90 Å². The number of hydrogen-bond donors (Lipinski definition) is 1. The van der Waals surface area contributed by atoms with Crippen molar-refractivity contribution in [2.45, 2.75) is 6.42 Å². The van der Waals surface area contributed by atoms with E-state index in [4.69, 9.17) is 5.11 Å². The summed E-state index contributed by atoms with van der Waals surface area (Å²) in [6.07, 6.45) is 0.856. The fourth-order valence-electron chi connectivity index (χ4n) is 2.49. The van der Waals surface area contributed by atoms with Crippen LogP contribution in [0.25, 0.3) is 0 Å². The molecule has 0 spiro atoms. The molecule has 1 saturated heterocycles. The first-order chi connectivity index (χ1) is 9.61. The molecule has 6 nitrogen and oxygen atoms in total. The molecule has 0 radical (unpaired) electrons. The van der Waals surface area contributed by atoms with Gasteiger partial charge in [-0.05, 0) is 25.1 Å². The summed E-state index contributed by atoms with van der Waals surface area (Å²) in [7, 11) is 0. The highest BCUT2D eigenvalue weighted by molar-refractivity contribution is 5.63. The average Bonchev–Trinajstić information content (AvgIpc) is 2.65. The summed E-state index contributed by atoms with van der Waals surface area (Å²) in [4.78, 5) is 14.5. The van der Waals surface area contributed by atoms with E-state index in [0.29, 0.717) is 25.3 Å². The fraction of sp³-hybridized carbons (Fsp3) is 0.538. The number of nitro benzene ring substituents is 1. The molecule has 0 atom stereocenters. The lowest BCUT2D eigenvalue weighted by molar-refractivity contribution is -0.384. The Kier molecular flexibility index (Phi) is 4.86. The van der Waals surface area contributed by atoms with Crippen LogP contribution in [-0.4, -0.2) is 54.3 Å². The van der Waals surface area contributed by atoms with Gasteiger partial charge in [-0.2, -0.15) is 0 Å². The van der Waals surface area contributed by atoms with Crippen LogP contribution in [0, 0.1) is 15.9 Å². The van der Waals surface area contributed by atoms with E-state index in [9.17, 15) is 14.5 Å². The lowest BCUT2D eigenvalue weighted by Gasteiger charge is -2.23. The molecule has 20 heavy (non-hydrogen) atoms. The number of rotatable bonds is 4. The van der Waals surface area contributed by atoms with Crippen LogP contribution in [-0.2, 0) is 0 Å². The number of aliphatic hydroxyl groups is 1. The van der Waals surface area contributed by atoms with Gasteiger partial charge < -0.3 is 10.0 Å². The van der Waals surface area contributed by atoms with Crippen LogP contribution in [0.4, 0.5) is 15.8 Å². The molecule has 1 N–H and O–H groups in total. The van der Waals surface area contributed by atoms with E-state index < -0.39 is 10.7 Å². The van der Waals surface area contributed by atoms with E-state index >= 15 is 0 Å². The summed E-state index contributed by atoms with van der Waals surface area (Å²) >= 11 is 0. The smallest absolute Gasteiger partial charge is 0.295 e. The van der Waals surface area contributed by atoms with Gasteiger partial charge in [0.05, 0.1) is 17.6 Å². The Bertz CT molecular complexity index is 484. The van der Waals surface area contributed by atoms with Gasteiger partial charge in [0.1, 0.15) is 11.5 Å². The van der Waals surface area contributed by atoms with Gasteiger partial charge in [0, 0.05) is 26.2 Å². The van der Waals surface area contributed by atoms with Crippen molar-refractivity contribution in [3.05, 3.63) is 34.1 Å². The maximum Gasteiger partial charge on any atom is 0.295 e. The van der Waals surface area contributed by atoms with Crippen molar-refractivity contribution in [2.24, 2.45) is 0 Å². The van der Waals surface area contributed by atoms with Gasteiger partial charge in [0.25, 0.3) is 5.69 Å². The summed E-state index contributed by atoms with van der Waals surface area (Å²) in [5.41, 5.74) is 0.267. The summed E-state index contributed by atoms with van der Waals surface area (Å²) in [6.45, 7) is 3.62. The highest BCUT2D eigenvalue weighted by Crippen LogP contribution is 2.29. The van der Waals surface area contributed by atoms with Gasteiger partial charge in [-0.25, -0.2) is 4.39 Å². The average molecular weight is 283 g/mol. The largest absolute Gasteiger partial charge is 0.395 e. The third-order valence-corrected chi connectivity index (χ3v) is 3.48. The molecule has 0 amide bonds. The van der Waals surface area contributed by atoms with Gasteiger partial charge in [-0.15, -0.1) is 0 Å². The van der Waals surface area contributed by atoms with Crippen molar-refractivity contribution in [2.75, 3.05) is 44.2 Å². The molecule has 1 aromatic carbocycles. The molecule has 7 heteroatoms. The van der Waals surface area contributed by atoms with Gasteiger partial charge in [-0.1, -0.05) is 0 Å². The first-order valence-corrected chi connectivity index (χ1v) is 6.64. The van der Waals surface area contributed by atoms with Gasteiger partial charge in [-0.3, -0.25) is 15.0 Å². The van der Waals surface area contributed by atoms with Crippen molar-refractivity contribution < 1.29 is 14.4 Å². The minimum atomic E-state index is -0.600. The second kappa shape index (κ2) is 6.62. The molecule has 110 valence electrons. The van der Waals surface area contributed by atoms with Gasteiger partial charge in [0.2, 0.25) is 0 Å². The van der Waals surface area contributed by atoms with Crippen LogP contribution < -0.4 is 4.90 Å². The van der Waals surface area contributed by atoms with Crippen molar-refractivity contribution in [3.63, 3.8) is 0 Å². The molecule has 0 aliphatic carbocycles. The van der Waals surface area contributed by atoms with Crippen LogP contribution in [0.3, 0.4) is 0 Å². The lowest BCUT2D eigenvalue weighted by Crippen LogP contribution is -2.32. The minimum absolute atomic E-state index is 0.108. The second-order valence-corrected chi connectivity index (χ2v) is 4.80. The zero-order valence-electron chi connectivity index (χ0n) is 11.2. The van der Waals surface area contributed by atoms with Crippen molar-refractivity contribution in [3.8, 4) is 0 Å². The Morgan fingerprint density at radius 3 is 2.80 bits per heavy atom. The Labute approximate surface area is 116 Å². The second-order valence-electron chi connectivity index (χ2n) is 4.80. The van der Waals surface area contributed by atoms with E-state index in [0.717, 1.165) is 25.6 Å². The zero-order chi connectivity index (χ0) is 14.5. The summed E-state index contributed by atoms with van der Waals surface area (Å²) in [5.74, 6) is -0.600. The molecule has 0 aromatic heterocycles. The molecule has 1 aliphatic rings. The third-order valence-electron chi connectivity index (χ3n) is 3.48. The molecule has 1 fully saturated rings. The van der Waals surface area contributed by atoms with Crippen LogP contribution in [0.1, 0.15) is 6.42 Å². The number of aliphatic hydroxyl groups excluding tert-OH is 1. The van der Waals surface area contributed by atoms with E-state index in [1.165, 1.54) is 12.1 Å². The van der Waals surface area contributed by atoms with Crippen LogP contribution in [0.15, 0.2) is 18.2 Å². The predicted octanol–water partition coefficient (Wildman–Crippen LogP) is 1.24. The first kappa shape index (κ1) is 14.7. The normalized spacial score (nSPS) is 17.0. The van der Waals surface area contributed by atoms with E-state index in [1.807, 2.05) is 4.90 Å². The number of hydrogen-bond acceptors (Lipinski definition) is 5. The maximum absolute atomic E-state index is 13.2. The summed E-state index contributed by atoms with van der Waals surface area (Å²) < 4.78 is 13.2. The van der Waals surface area contributed by atoms with Crippen LogP contribution in [0.5, 0.6) is 0 Å². The molecule has 0 saturated carbocycles. The van der Waals surface area contributed by atoms with Gasteiger partial charge in [0.15, 0.2) is 0 Å².